The zero-order valence-electron chi connectivity index (χ0n) is 5.72. The van der Waals surface area contributed by atoms with E-state index in [2.05, 4.69) is 5.16 Å². The van der Waals surface area contributed by atoms with Crippen molar-refractivity contribution in [1.82, 2.24) is 5.16 Å². The molecule has 0 unspecified atom stereocenters. The lowest BCUT2D eigenvalue weighted by Gasteiger charge is -1.87. The van der Waals surface area contributed by atoms with E-state index in [1.807, 2.05) is 0 Å². The molecule has 0 aliphatic rings. The maximum atomic E-state index is 6.94. The summed E-state index contributed by atoms with van der Waals surface area (Å²) in [6, 6.07) is 1.77. The van der Waals surface area contributed by atoms with Gasteiger partial charge in [-0.3, -0.25) is 5.41 Å². The topological polar surface area (TPSA) is 75.9 Å². The van der Waals surface area contributed by atoms with E-state index >= 15 is 0 Å². The number of rotatable bonds is 2. The van der Waals surface area contributed by atoms with Crippen LogP contribution in [0.5, 0.6) is 0 Å². The average Bonchev–Trinajstić information content (AvgIpc) is 2.13. The Kier molecular flexibility index (Phi) is 1.71. The molecule has 1 rings (SSSR count). The highest BCUT2D eigenvalue weighted by molar-refractivity contribution is 5.78. The SMILES string of the molecule is Cc1cc(CC(=N)N)no1. The first-order valence-electron chi connectivity index (χ1n) is 2.93. The van der Waals surface area contributed by atoms with Crippen LogP contribution in [0.2, 0.25) is 0 Å². The molecule has 0 fully saturated rings. The molecule has 0 saturated carbocycles. The monoisotopic (exact) mass is 139 g/mol. The number of nitrogens with one attached hydrogen (secondary N) is 1. The molecule has 0 amide bonds. The van der Waals surface area contributed by atoms with E-state index < -0.39 is 0 Å². The molecule has 0 spiro atoms. The van der Waals surface area contributed by atoms with Crippen molar-refractivity contribution in [3.63, 3.8) is 0 Å². The van der Waals surface area contributed by atoms with Gasteiger partial charge in [-0.2, -0.15) is 0 Å². The second kappa shape index (κ2) is 2.51. The third kappa shape index (κ3) is 1.58. The summed E-state index contributed by atoms with van der Waals surface area (Å²) >= 11 is 0. The zero-order valence-corrected chi connectivity index (χ0v) is 5.72. The standard InChI is InChI=1S/C6H9N3O/c1-4-2-5(9-10-4)3-6(7)8/h2H,3H2,1H3,(H3,7,8). The molecular weight excluding hydrogens is 130 g/mol. The smallest absolute Gasteiger partial charge is 0.133 e. The summed E-state index contributed by atoms with van der Waals surface area (Å²) in [6.07, 6.45) is 0.372. The first-order chi connectivity index (χ1) is 4.68. The zero-order chi connectivity index (χ0) is 7.56. The first kappa shape index (κ1) is 6.80. The molecule has 0 radical (unpaired) electrons. The minimum atomic E-state index is 0.105. The lowest BCUT2D eigenvalue weighted by molar-refractivity contribution is 0.392. The molecule has 1 aromatic rings. The summed E-state index contributed by atoms with van der Waals surface area (Å²) in [6.45, 7) is 1.80. The van der Waals surface area contributed by atoms with Gasteiger partial charge in [-0.15, -0.1) is 0 Å². The normalized spacial score (nSPS) is 9.70. The van der Waals surface area contributed by atoms with Gasteiger partial charge in [0.25, 0.3) is 0 Å². The van der Waals surface area contributed by atoms with Crippen molar-refractivity contribution in [3.05, 3.63) is 17.5 Å². The second-order valence-corrected chi connectivity index (χ2v) is 2.13. The largest absolute Gasteiger partial charge is 0.387 e. The third-order valence-corrected chi connectivity index (χ3v) is 1.05. The predicted molar refractivity (Wildman–Crippen MR) is 36.9 cm³/mol. The van der Waals surface area contributed by atoms with Crippen molar-refractivity contribution >= 4 is 5.84 Å². The number of aromatic nitrogens is 1. The molecule has 10 heavy (non-hydrogen) atoms. The van der Waals surface area contributed by atoms with Crippen molar-refractivity contribution in [1.29, 1.82) is 5.41 Å². The van der Waals surface area contributed by atoms with Gasteiger partial charge in [0.05, 0.1) is 18.0 Å². The lowest BCUT2D eigenvalue weighted by Crippen LogP contribution is -2.12. The van der Waals surface area contributed by atoms with Gasteiger partial charge in [0.15, 0.2) is 0 Å². The summed E-state index contributed by atoms with van der Waals surface area (Å²) in [5.74, 6) is 0.851. The van der Waals surface area contributed by atoms with Crippen molar-refractivity contribution in [3.8, 4) is 0 Å². The highest BCUT2D eigenvalue weighted by Gasteiger charge is 1.99. The van der Waals surface area contributed by atoms with Gasteiger partial charge in [-0.1, -0.05) is 5.16 Å². The Hall–Kier alpha value is -1.32. The van der Waals surface area contributed by atoms with Crippen molar-refractivity contribution in [2.45, 2.75) is 13.3 Å². The maximum absolute atomic E-state index is 6.94. The van der Waals surface area contributed by atoms with Crippen LogP contribution in [-0.2, 0) is 6.42 Å². The Bertz CT molecular complexity index is 241. The minimum absolute atomic E-state index is 0.105. The Balaban J connectivity index is 2.67. The molecule has 54 valence electrons. The van der Waals surface area contributed by atoms with Gasteiger partial charge in [0.1, 0.15) is 5.76 Å². The highest BCUT2D eigenvalue weighted by atomic mass is 16.5. The van der Waals surface area contributed by atoms with Gasteiger partial charge in [0.2, 0.25) is 0 Å². The Morgan fingerprint density at radius 1 is 1.90 bits per heavy atom. The maximum Gasteiger partial charge on any atom is 0.133 e. The van der Waals surface area contributed by atoms with Crippen LogP contribution in [-0.4, -0.2) is 11.0 Å². The van der Waals surface area contributed by atoms with Crippen LogP contribution in [0.3, 0.4) is 0 Å². The van der Waals surface area contributed by atoms with Crippen LogP contribution < -0.4 is 5.73 Å². The van der Waals surface area contributed by atoms with E-state index in [1.54, 1.807) is 13.0 Å². The fourth-order valence-electron chi connectivity index (χ4n) is 0.696. The number of aryl methyl sites for hydroxylation is 1. The highest BCUT2D eigenvalue weighted by Crippen LogP contribution is 2.00. The molecule has 3 N–H and O–H groups in total. The molecule has 0 aliphatic heterocycles. The summed E-state index contributed by atoms with van der Waals surface area (Å²) in [7, 11) is 0. The van der Waals surface area contributed by atoms with Crippen LogP contribution >= 0.6 is 0 Å². The van der Waals surface area contributed by atoms with E-state index in [9.17, 15) is 0 Å². The summed E-state index contributed by atoms with van der Waals surface area (Å²) in [5, 5.41) is 10.6. The molecule has 1 heterocycles. The van der Waals surface area contributed by atoms with Gasteiger partial charge >= 0.3 is 0 Å². The number of nitrogens with zero attached hydrogens (tertiary/aromatic N) is 1. The van der Waals surface area contributed by atoms with Crippen molar-refractivity contribution < 1.29 is 4.52 Å². The van der Waals surface area contributed by atoms with E-state index in [-0.39, 0.29) is 5.84 Å². The van der Waals surface area contributed by atoms with Gasteiger partial charge < -0.3 is 10.3 Å². The van der Waals surface area contributed by atoms with Gasteiger partial charge in [-0.25, -0.2) is 0 Å². The molecule has 0 aliphatic carbocycles. The molecular formula is C6H9N3O. The molecule has 0 saturated heterocycles. The lowest BCUT2D eigenvalue weighted by atomic mass is 10.3. The van der Waals surface area contributed by atoms with E-state index in [4.69, 9.17) is 15.7 Å². The van der Waals surface area contributed by atoms with Crippen LogP contribution in [0, 0.1) is 12.3 Å². The Labute approximate surface area is 58.5 Å². The second-order valence-electron chi connectivity index (χ2n) is 2.13. The van der Waals surface area contributed by atoms with Gasteiger partial charge in [-0.05, 0) is 6.92 Å². The molecule has 1 aromatic heterocycles. The number of hydrogen-bond acceptors (Lipinski definition) is 3. The van der Waals surface area contributed by atoms with Gasteiger partial charge in [0, 0.05) is 6.07 Å². The number of amidine groups is 1. The Morgan fingerprint density at radius 2 is 2.60 bits per heavy atom. The van der Waals surface area contributed by atoms with Crippen molar-refractivity contribution in [2.24, 2.45) is 5.73 Å². The van der Waals surface area contributed by atoms with Crippen LogP contribution in [0.25, 0.3) is 0 Å². The first-order valence-corrected chi connectivity index (χ1v) is 2.93. The molecule has 0 bridgehead atoms. The Morgan fingerprint density at radius 3 is 3.00 bits per heavy atom. The fraction of sp³-hybridized carbons (Fsp3) is 0.333. The third-order valence-electron chi connectivity index (χ3n) is 1.05. The van der Waals surface area contributed by atoms with Crippen LogP contribution in [0.4, 0.5) is 0 Å². The molecule has 4 heteroatoms. The quantitative estimate of drug-likeness (QED) is 0.461. The van der Waals surface area contributed by atoms with Crippen LogP contribution in [0.15, 0.2) is 10.6 Å². The van der Waals surface area contributed by atoms with Crippen molar-refractivity contribution in [2.75, 3.05) is 0 Å². The summed E-state index contributed by atoms with van der Waals surface area (Å²) in [4.78, 5) is 0. The van der Waals surface area contributed by atoms with E-state index in [0.29, 0.717) is 12.1 Å². The van der Waals surface area contributed by atoms with Crippen LogP contribution in [0.1, 0.15) is 11.5 Å². The van der Waals surface area contributed by atoms with E-state index in [0.717, 1.165) is 5.76 Å². The minimum Gasteiger partial charge on any atom is -0.387 e. The molecule has 0 aromatic carbocycles. The summed E-state index contributed by atoms with van der Waals surface area (Å²) < 4.78 is 4.76. The fourth-order valence-corrected chi connectivity index (χ4v) is 0.696. The number of nitrogens with two attached hydrogens (primary N) is 1. The predicted octanol–water partition coefficient (Wildman–Crippen LogP) is 0.461. The molecule has 4 nitrogen and oxygen atoms in total. The number of hydrogen-bond donors (Lipinski definition) is 2. The molecule has 0 atom stereocenters. The van der Waals surface area contributed by atoms with E-state index in [1.165, 1.54) is 0 Å². The average molecular weight is 139 g/mol. The summed E-state index contributed by atoms with van der Waals surface area (Å²) in [5.41, 5.74) is 5.85.